The molecule has 0 spiro atoms. The number of hydroxylamine groups is 2. The van der Waals surface area contributed by atoms with Crippen molar-refractivity contribution in [2.45, 2.75) is 64.2 Å². The fourth-order valence-electron chi connectivity index (χ4n) is 5.19. The van der Waals surface area contributed by atoms with Crippen molar-refractivity contribution in [3.05, 3.63) is 29.8 Å². The fraction of sp³-hybridized carbons (Fsp3) is 0.680. The highest BCUT2D eigenvalue weighted by Gasteiger charge is 2.24. The fourth-order valence-corrected chi connectivity index (χ4v) is 5.19. The molecule has 0 aliphatic carbocycles. The summed E-state index contributed by atoms with van der Waals surface area (Å²) in [7, 11) is 0. The number of para-hydroxylation sites is 1. The maximum Gasteiger partial charge on any atom is 0.248 e. The van der Waals surface area contributed by atoms with Crippen molar-refractivity contribution in [3.63, 3.8) is 0 Å². The number of fused-ring (bicyclic) bond motifs is 1. The molecule has 0 unspecified atom stereocenters. The summed E-state index contributed by atoms with van der Waals surface area (Å²) in [6.07, 6.45) is 10.5. The number of hydrogen-bond donors (Lipinski definition) is 0. The highest BCUT2D eigenvalue weighted by atomic mass is 16.7. The monoisotopic (exact) mass is 427 g/mol. The molecule has 2 amide bonds. The molecule has 0 radical (unpaired) electrons. The van der Waals surface area contributed by atoms with Crippen LogP contribution in [0.3, 0.4) is 0 Å². The van der Waals surface area contributed by atoms with Crippen molar-refractivity contribution in [2.75, 3.05) is 44.2 Å². The first-order valence-electron chi connectivity index (χ1n) is 12.2. The van der Waals surface area contributed by atoms with E-state index in [1.54, 1.807) is 5.06 Å². The summed E-state index contributed by atoms with van der Waals surface area (Å²) in [6.45, 7) is 5.60. The molecule has 6 nitrogen and oxygen atoms in total. The number of piperidine rings is 1. The summed E-state index contributed by atoms with van der Waals surface area (Å²) >= 11 is 0. The molecule has 2 saturated heterocycles. The molecular formula is C25H37N3O3. The Balaban J connectivity index is 1.08. The van der Waals surface area contributed by atoms with Gasteiger partial charge in [0.05, 0.1) is 13.0 Å². The Morgan fingerprint density at radius 1 is 0.839 bits per heavy atom. The summed E-state index contributed by atoms with van der Waals surface area (Å²) in [4.78, 5) is 33.8. The van der Waals surface area contributed by atoms with Gasteiger partial charge in [0.15, 0.2) is 0 Å². The van der Waals surface area contributed by atoms with Gasteiger partial charge in [0.1, 0.15) is 0 Å². The van der Waals surface area contributed by atoms with Gasteiger partial charge in [-0.15, -0.1) is 0 Å². The Morgan fingerprint density at radius 2 is 1.68 bits per heavy atom. The SMILES string of the molecule is O=C1CCON1CCCCCC1CCN(CCCN2C(=O)CCc3ccccc32)CC1. The number of benzene rings is 1. The second kappa shape index (κ2) is 11.1. The standard InChI is InChI=1S/C25H37N3O3/c29-24-11-10-22-8-3-4-9-23(22)27(24)16-6-15-26-18-12-21(13-19-26)7-2-1-5-17-28-25(30)14-20-31-28/h3-4,8-9,21H,1-2,5-7,10-20H2. The van der Waals surface area contributed by atoms with E-state index < -0.39 is 0 Å². The van der Waals surface area contributed by atoms with E-state index >= 15 is 0 Å². The van der Waals surface area contributed by atoms with E-state index in [9.17, 15) is 9.59 Å². The Labute approximate surface area is 186 Å². The summed E-state index contributed by atoms with van der Waals surface area (Å²) in [6, 6.07) is 8.35. The Hall–Kier alpha value is -1.92. The van der Waals surface area contributed by atoms with Gasteiger partial charge < -0.3 is 9.80 Å². The topological polar surface area (TPSA) is 53.1 Å². The first-order valence-corrected chi connectivity index (χ1v) is 12.2. The number of amides is 2. The Morgan fingerprint density at radius 3 is 2.48 bits per heavy atom. The molecular weight excluding hydrogens is 390 g/mol. The second-order valence-electron chi connectivity index (χ2n) is 9.24. The molecule has 0 saturated carbocycles. The first kappa shape index (κ1) is 22.3. The molecule has 0 N–H and O–H groups in total. The van der Waals surface area contributed by atoms with Gasteiger partial charge >= 0.3 is 0 Å². The minimum atomic E-state index is 0.140. The highest BCUT2D eigenvalue weighted by molar-refractivity contribution is 5.96. The van der Waals surface area contributed by atoms with E-state index in [0.717, 1.165) is 50.5 Å². The van der Waals surface area contributed by atoms with Crippen molar-refractivity contribution >= 4 is 17.5 Å². The molecule has 1 aromatic carbocycles. The van der Waals surface area contributed by atoms with E-state index in [1.165, 1.54) is 50.8 Å². The molecule has 0 atom stereocenters. The zero-order valence-electron chi connectivity index (χ0n) is 18.8. The van der Waals surface area contributed by atoms with Crippen LogP contribution in [0.15, 0.2) is 24.3 Å². The third-order valence-corrected chi connectivity index (χ3v) is 7.07. The second-order valence-corrected chi connectivity index (χ2v) is 9.24. The van der Waals surface area contributed by atoms with Gasteiger partial charge in [0, 0.05) is 25.2 Å². The molecule has 6 heteroatoms. The third kappa shape index (κ3) is 6.07. The zero-order chi connectivity index (χ0) is 21.5. The van der Waals surface area contributed by atoms with Crippen LogP contribution in [0.1, 0.15) is 63.4 Å². The molecule has 170 valence electrons. The summed E-state index contributed by atoms with van der Waals surface area (Å²) in [5.74, 6) is 1.26. The third-order valence-electron chi connectivity index (χ3n) is 7.07. The van der Waals surface area contributed by atoms with Crippen LogP contribution in [0, 0.1) is 5.92 Å². The van der Waals surface area contributed by atoms with Gasteiger partial charge in [-0.05, 0) is 69.3 Å². The number of rotatable bonds is 10. The van der Waals surface area contributed by atoms with Crippen LogP contribution in [0.2, 0.25) is 0 Å². The lowest BCUT2D eigenvalue weighted by atomic mass is 9.91. The van der Waals surface area contributed by atoms with E-state index in [0.29, 0.717) is 19.4 Å². The van der Waals surface area contributed by atoms with Crippen molar-refractivity contribution in [2.24, 2.45) is 5.92 Å². The molecule has 2 fully saturated rings. The number of likely N-dealkylation sites (tertiary alicyclic amines) is 1. The largest absolute Gasteiger partial charge is 0.312 e. The molecule has 1 aromatic rings. The van der Waals surface area contributed by atoms with Gasteiger partial charge in [0.2, 0.25) is 11.8 Å². The quantitative estimate of drug-likeness (QED) is 0.533. The van der Waals surface area contributed by atoms with Crippen LogP contribution >= 0.6 is 0 Å². The predicted octanol–water partition coefficient (Wildman–Crippen LogP) is 3.79. The van der Waals surface area contributed by atoms with Gasteiger partial charge in [0.25, 0.3) is 0 Å². The van der Waals surface area contributed by atoms with Crippen LogP contribution in [0.4, 0.5) is 5.69 Å². The van der Waals surface area contributed by atoms with Gasteiger partial charge in [-0.25, -0.2) is 5.06 Å². The van der Waals surface area contributed by atoms with Gasteiger partial charge in [-0.3, -0.25) is 14.4 Å². The van der Waals surface area contributed by atoms with Crippen LogP contribution in [0.25, 0.3) is 0 Å². The zero-order valence-corrected chi connectivity index (χ0v) is 18.8. The van der Waals surface area contributed by atoms with E-state index in [-0.39, 0.29) is 11.8 Å². The normalized spacial score (nSPS) is 20.5. The van der Waals surface area contributed by atoms with Crippen molar-refractivity contribution in [1.82, 2.24) is 9.96 Å². The molecule has 0 bridgehead atoms. The lowest BCUT2D eigenvalue weighted by Gasteiger charge is -2.33. The van der Waals surface area contributed by atoms with Crippen molar-refractivity contribution < 1.29 is 14.4 Å². The van der Waals surface area contributed by atoms with Crippen molar-refractivity contribution in [1.29, 1.82) is 0 Å². The molecule has 4 rings (SSSR count). The summed E-state index contributed by atoms with van der Waals surface area (Å²) < 4.78 is 0. The summed E-state index contributed by atoms with van der Waals surface area (Å²) in [5, 5.41) is 1.55. The number of hydrogen-bond acceptors (Lipinski definition) is 4. The Kier molecular flexibility index (Phi) is 7.97. The number of aryl methyl sites for hydroxylation is 1. The molecule has 3 aliphatic rings. The van der Waals surface area contributed by atoms with Crippen LogP contribution in [-0.2, 0) is 20.8 Å². The number of nitrogens with zero attached hydrogens (tertiary/aromatic N) is 3. The molecule has 3 aliphatic heterocycles. The summed E-state index contributed by atoms with van der Waals surface area (Å²) in [5.41, 5.74) is 2.43. The van der Waals surface area contributed by atoms with Crippen LogP contribution in [0.5, 0.6) is 0 Å². The molecule has 0 aromatic heterocycles. The number of carbonyl (C=O) groups excluding carboxylic acids is 2. The van der Waals surface area contributed by atoms with Gasteiger partial charge in [-0.2, -0.15) is 0 Å². The smallest absolute Gasteiger partial charge is 0.248 e. The minimum Gasteiger partial charge on any atom is -0.312 e. The lowest BCUT2D eigenvalue weighted by molar-refractivity contribution is -0.161. The van der Waals surface area contributed by atoms with Gasteiger partial charge in [-0.1, -0.05) is 37.5 Å². The first-order chi connectivity index (χ1) is 15.2. The highest BCUT2D eigenvalue weighted by Crippen LogP contribution is 2.28. The predicted molar refractivity (Wildman–Crippen MR) is 122 cm³/mol. The average molecular weight is 428 g/mol. The van der Waals surface area contributed by atoms with Crippen LogP contribution < -0.4 is 4.90 Å². The minimum absolute atomic E-state index is 0.140. The lowest BCUT2D eigenvalue weighted by Crippen LogP contribution is -2.39. The van der Waals surface area contributed by atoms with E-state index in [2.05, 4.69) is 23.1 Å². The molecule has 3 heterocycles. The van der Waals surface area contributed by atoms with Crippen LogP contribution in [-0.4, -0.2) is 61.1 Å². The number of carbonyl (C=O) groups is 2. The molecule has 31 heavy (non-hydrogen) atoms. The Bertz CT molecular complexity index is 745. The average Bonchev–Trinajstić information content (AvgIpc) is 3.20. The maximum absolute atomic E-state index is 12.4. The van der Waals surface area contributed by atoms with E-state index in [4.69, 9.17) is 4.84 Å². The van der Waals surface area contributed by atoms with Crippen molar-refractivity contribution in [3.8, 4) is 0 Å². The number of anilines is 1. The number of unbranched alkanes of at least 4 members (excludes halogenated alkanes) is 2. The van der Waals surface area contributed by atoms with E-state index in [1.807, 2.05) is 11.0 Å². The maximum atomic E-state index is 12.4.